The van der Waals surface area contributed by atoms with Crippen LogP contribution in [0.4, 0.5) is 4.39 Å². The molecule has 0 aromatic heterocycles. The number of hydrogen-bond acceptors (Lipinski definition) is 6. The monoisotopic (exact) mass is 518 g/mol. The SMILES string of the molecule is Cc1ccc(F)cc1S(=O)(=O)N1CCN(CCOc2cccc(CN(C)CC3CCC(=O)N3)c2)CC1. The van der Waals surface area contributed by atoms with Gasteiger partial charge in [-0.2, -0.15) is 4.31 Å². The van der Waals surface area contributed by atoms with Crippen LogP contribution in [0.15, 0.2) is 47.4 Å². The number of likely N-dealkylation sites (N-methyl/N-ethyl adjacent to an activating group) is 1. The van der Waals surface area contributed by atoms with E-state index in [0.717, 1.165) is 36.9 Å². The van der Waals surface area contributed by atoms with Crippen LogP contribution in [-0.4, -0.2) is 87.4 Å². The van der Waals surface area contributed by atoms with Crippen molar-refractivity contribution in [3.63, 3.8) is 0 Å². The summed E-state index contributed by atoms with van der Waals surface area (Å²) in [6.45, 7) is 6.38. The lowest BCUT2D eigenvalue weighted by Gasteiger charge is -2.34. The molecule has 2 aromatic carbocycles. The van der Waals surface area contributed by atoms with Crippen LogP contribution < -0.4 is 10.1 Å². The Balaban J connectivity index is 1.21. The molecule has 0 spiro atoms. The second kappa shape index (κ2) is 11.7. The molecular weight excluding hydrogens is 483 g/mol. The second-order valence-corrected chi connectivity index (χ2v) is 11.6. The minimum Gasteiger partial charge on any atom is -0.492 e. The van der Waals surface area contributed by atoms with Gasteiger partial charge in [-0.15, -0.1) is 0 Å². The molecule has 196 valence electrons. The molecule has 1 N–H and O–H groups in total. The zero-order valence-electron chi connectivity index (χ0n) is 21.0. The molecule has 36 heavy (non-hydrogen) atoms. The van der Waals surface area contributed by atoms with Crippen molar-refractivity contribution >= 4 is 15.9 Å². The topological polar surface area (TPSA) is 82.2 Å². The van der Waals surface area contributed by atoms with E-state index in [1.54, 1.807) is 6.92 Å². The van der Waals surface area contributed by atoms with Crippen LogP contribution in [-0.2, 0) is 21.4 Å². The van der Waals surface area contributed by atoms with Crippen LogP contribution in [0.2, 0.25) is 0 Å². The average Bonchev–Trinajstić information content (AvgIpc) is 3.25. The normalized spacial score (nSPS) is 19.6. The van der Waals surface area contributed by atoms with Crippen molar-refractivity contribution < 1.29 is 22.3 Å². The summed E-state index contributed by atoms with van der Waals surface area (Å²) in [5.41, 5.74) is 1.69. The van der Waals surface area contributed by atoms with E-state index in [4.69, 9.17) is 4.74 Å². The van der Waals surface area contributed by atoms with Crippen LogP contribution in [0, 0.1) is 12.7 Å². The fourth-order valence-electron chi connectivity index (χ4n) is 4.78. The molecule has 2 heterocycles. The molecule has 2 aromatic rings. The highest BCUT2D eigenvalue weighted by Crippen LogP contribution is 2.22. The number of aryl methyl sites for hydroxylation is 1. The first-order valence-corrected chi connectivity index (χ1v) is 13.8. The lowest BCUT2D eigenvalue weighted by atomic mass is 10.1. The van der Waals surface area contributed by atoms with Gasteiger partial charge in [0.1, 0.15) is 18.2 Å². The zero-order valence-corrected chi connectivity index (χ0v) is 21.8. The van der Waals surface area contributed by atoms with E-state index in [9.17, 15) is 17.6 Å². The third kappa shape index (κ3) is 6.82. The number of ether oxygens (including phenoxy) is 1. The Morgan fingerprint density at radius 3 is 2.64 bits per heavy atom. The van der Waals surface area contributed by atoms with Crippen molar-refractivity contribution in [3.8, 4) is 5.75 Å². The van der Waals surface area contributed by atoms with E-state index in [1.165, 1.54) is 16.4 Å². The summed E-state index contributed by atoms with van der Waals surface area (Å²) >= 11 is 0. The quantitative estimate of drug-likeness (QED) is 0.520. The number of sulfonamides is 1. The van der Waals surface area contributed by atoms with E-state index < -0.39 is 15.8 Å². The van der Waals surface area contributed by atoms with Gasteiger partial charge in [-0.1, -0.05) is 18.2 Å². The first kappa shape index (κ1) is 26.5. The van der Waals surface area contributed by atoms with E-state index in [2.05, 4.69) is 21.2 Å². The molecule has 1 amide bonds. The van der Waals surface area contributed by atoms with E-state index in [1.807, 2.05) is 25.2 Å². The van der Waals surface area contributed by atoms with Gasteiger partial charge in [0.25, 0.3) is 0 Å². The third-order valence-corrected chi connectivity index (χ3v) is 8.78. The Bertz CT molecular complexity index is 1170. The number of nitrogens with one attached hydrogen (secondary N) is 1. The molecule has 10 heteroatoms. The van der Waals surface area contributed by atoms with Gasteiger partial charge in [0, 0.05) is 58.3 Å². The number of halogens is 1. The Morgan fingerprint density at radius 2 is 1.92 bits per heavy atom. The molecule has 1 unspecified atom stereocenters. The van der Waals surface area contributed by atoms with E-state index in [-0.39, 0.29) is 16.8 Å². The molecule has 2 aliphatic heterocycles. The van der Waals surface area contributed by atoms with Gasteiger partial charge < -0.3 is 15.0 Å². The molecule has 2 aliphatic rings. The van der Waals surface area contributed by atoms with Crippen molar-refractivity contribution in [1.82, 2.24) is 19.4 Å². The molecule has 2 fully saturated rings. The second-order valence-electron chi connectivity index (χ2n) is 9.65. The van der Waals surface area contributed by atoms with Crippen LogP contribution >= 0.6 is 0 Å². The van der Waals surface area contributed by atoms with Crippen LogP contribution in [0.5, 0.6) is 5.75 Å². The molecule has 0 radical (unpaired) electrons. The standard InChI is InChI=1S/C26H35FN4O4S/c1-20-6-7-22(27)17-25(20)36(33,34)31-12-10-30(11-13-31)14-15-35-24-5-3-4-21(16-24)18-29(2)19-23-8-9-26(32)28-23/h3-7,16-17,23H,8-15,18-19H2,1-2H3,(H,28,32). The largest absolute Gasteiger partial charge is 0.492 e. The maximum absolute atomic E-state index is 13.6. The first-order valence-electron chi connectivity index (χ1n) is 12.4. The summed E-state index contributed by atoms with van der Waals surface area (Å²) in [6, 6.07) is 12.1. The fourth-order valence-corrected chi connectivity index (χ4v) is 6.44. The van der Waals surface area contributed by atoms with Gasteiger partial charge >= 0.3 is 0 Å². The van der Waals surface area contributed by atoms with E-state index in [0.29, 0.717) is 51.3 Å². The highest BCUT2D eigenvalue weighted by molar-refractivity contribution is 7.89. The maximum atomic E-state index is 13.6. The lowest BCUT2D eigenvalue weighted by molar-refractivity contribution is -0.119. The molecule has 1 atom stereocenters. The van der Waals surface area contributed by atoms with Crippen molar-refractivity contribution in [3.05, 3.63) is 59.4 Å². The maximum Gasteiger partial charge on any atom is 0.243 e. The van der Waals surface area contributed by atoms with Crippen LogP contribution in [0.1, 0.15) is 24.0 Å². The van der Waals surface area contributed by atoms with Crippen LogP contribution in [0.3, 0.4) is 0 Å². The molecule has 2 saturated heterocycles. The smallest absolute Gasteiger partial charge is 0.243 e. The Morgan fingerprint density at radius 1 is 1.14 bits per heavy atom. The van der Waals surface area contributed by atoms with Crippen molar-refractivity contribution in [1.29, 1.82) is 0 Å². The van der Waals surface area contributed by atoms with Gasteiger partial charge in [-0.05, 0) is 55.8 Å². The number of benzene rings is 2. The van der Waals surface area contributed by atoms with Gasteiger partial charge in [-0.25, -0.2) is 12.8 Å². The first-order chi connectivity index (χ1) is 17.2. The third-order valence-electron chi connectivity index (χ3n) is 6.74. The molecule has 0 aliphatic carbocycles. The molecule has 0 saturated carbocycles. The summed E-state index contributed by atoms with van der Waals surface area (Å²) < 4.78 is 47.0. The van der Waals surface area contributed by atoms with Gasteiger partial charge in [0.15, 0.2) is 0 Å². The van der Waals surface area contributed by atoms with Gasteiger partial charge in [0.2, 0.25) is 15.9 Å². The molecular formula is C26H35FN4O4S. The van der Waals surface area contributed by atoms with E-state index >= 15 is 0 Å². The van der Waals surface area contributed by atoms with Crippen molar-refractivity contribution in [2.45, 2.75) is 37.2 Å². The van der Waals surface area contributed by atoms with Crippen molar-refractivity contribution in [2.24, 2.45) is 0 Å². The predicted molar refractivity (Wildman–Crippen MR) is 136 cm³/mol. The summed E-state index contributed by atoms with van der Waals surface area (Å²) in [7, 11) is -1.67. The lowest BCUT2D eigenvalue weighted by Crippen LogP contribution is -2.49. The molecule has 8 nitrogen and oxygen atoms in total. The minimum absolute atomic E-state index is 0.0396. The number of carbonyl (C=O) groups is 1. The Kier molecular flexibility index (Phi) is 8.61. The molecule has 0 bridgehead atoms. The zero-order chi connectivity index (χ0) is 25.7. The number of rotatable bonds is 10. The minimum atomic E-state index is -3.72. The number of carbonyl (C=O) groups excluding carboxylic acids is 1. The highest BCUT2D eigenvalue weighted by Gasteiger charge is 2.30. The van der Waals surface area contributed by atoms with Crippen molar-refractivity contribution in [2.75, 3.05) is 52.9 Å². The van der Waals surface area contributed by atoms with Gasteiger partial charge in [-0.3, -0.25) is 9.69 Å². The Hall–Kier alpha value is -2.53. The summed E-state index contributed by atoms with van der Waals surface area (Å²) in [5.74, 6) is 0.388. The Labute approximate surface area is 213 Å². The number of nitrogens with zero attached hydrogens (tertiary/aromatic N) is 3. The summed E-state index contributed by atoms with van der Waals surface area (Å²) in [6.07, 6.45) is 1.50. The summed E-state index contributed by atoms with van der Waals surface area (Å²) in [5, 5.41) is 3.00. The number of amides is 1. The number of piperazine rings is 1. The number of hydrogen-bond donors (Lipinski definition) is 1. The van der Waals surface area contributed by atoms with Crippen LogP contribution in [0.25, 0.3) is 0 Å². The average molecular weight is 519 g/mol. The summed E-state index contributed by atoms with van der Waals surface area (Å²) in [4.78, 5) is 15.8. The van der Waals surface area contributed by atoms with Gasteiger partial charge in [0.05, 0.1) is 4.90 Å². The molecule has 4 rings (SSSR count). The highest BCUT2D eigenvalue weighted by atomic mass is 32.2. The predicted octanol–water partition coefficient (Wildman–Crippen LogP) is 2.23. The fraction of sp³-hybridized carbons (Fsp3) is 0.500.